The Kier molecular flexibility index (Phi) is 2.91. The van der Waals surface area contributed by atoms with Gasteiger partial charge >= 0.3 is 0 Å². The van der Waals surface area contributed by atoms with Gasteiger partial charge in [-0.25, -0.2) is 4.98 Å². The third kappa shape index (κ3) is 2.57. The van der Waals surface area contributed by atoms with Crippen molar-refractivity contribution in [3.05, 3.63) is 6.33 Å². The SMILES string of the molecule is [2H]C([2H])(O)C([2H])([2H])Oc1nc(N)nc2c1ncn2[C@H]1C[C@@H](O)[C@@H](CO)O1. The molecule has 5 N–H and O–H groups in total. The minimum absolute atomic E-state index is 0.0436. The summed E-state index contributed by atoms with van der Waals surface area (Å²) in [5.41, 5.74) is 5.66. The van der Waals surface area contributed by atoms with E-state index in [1.807, 2.05) is 0 Å². The molecule has 0 unspecified atom stereocenters. The highest BCUT2D eigenvalue weighted by Crippen LogP contribution is 2.32. The molecule has 120 valence electrons. The fourth-order valence-electron chi connectivity index (χ4n) is 2.31. The fourth-order valence-corrected chi connectivity index (χ4v) is 2.31. The second kappa shape index (κ2) is 6.01. The molecule has 10 heteroatoms. The molecule has 1 fully saturated rings. The molecule has 0 aromatic carbocycles. The smallest absolute Gasteiger partial charge is 0.247 e. The Hall–Kier alpha value is -2.01. The van der Waals surface area contributed by atoms with Gasteiger partial charge in [-0.05, 0) is 0 Å². The van der Waals surface area contributed by atoms with Gasteiger partial charge in [-0.1, -0.05) is 0 Å². The number of rotatable bonds is 5. The van der Waals surface area contributed by atoms with E-state index >= 15 is 0 Å². The van der Waals surface area contributed by atoms with E-state index in [-0.39, 0.29) is 30.1 Å². The van der Waals surface area contributed by atoms with Gasteiger partial charge in [-0.2, -0.15) is 9.97 Å². The summed E-state index contributed by atoms with van der Waals surface area (Å²) in [4.78, 5) is 11.7. The third-order valence-electron chi connectivity index (χ3n) is 3.29. The van der Waals surface area contributed by atoms with Crippen molar-refractivity contribution in [3.8, 4) is 5.88 Å². The van der Waals surface area contributed by atoms with Crippen LogP contribution < -0.4 is 10.5 Å². The summed E-state index contributed by atoms with van der Waals surface area (Å²) < 4.78 is 41.0. The van der Waals surface area contributed by atoms with Gasteiger partial charge < -0.3 is 30.5 Å². The number of aliphatic hydroxyl groups is 3. The number of nitrogens with zero attached hydrogens (tertiary/aromatic N) is 4. The Labute approximate surface area is 130 Å². The molecule has 3 rings (SSSR count). The van der Waals surface area contributed by atoms with E-state index < -0.39 is 37.4 Å². The molecule has 2 aromatic rings. The minimum atomic E-state index is -3.31. The Bertz CT molecular complexity index is 813. The number of aliphatic hydroxyl groups excluding tert-OH is 2. The first-order chi connectivity index (χ1) is 12.0. The second-order valence-corrected chi connectivity index (χ2v) is 4.64. The average Bonchev–Trinajstić information content (AvgIpc) is 3.08. The molecule has 0 radical (unpaired) electrons. The maximum atomic E-state index is 9.86. The lowest BCUT2D eigenvalue weighted by atomic mass is 10.2. The van der Waals surface area contributed by atoms with Crippen LogP contribution in [0, 0.1) is 0 Å². The zero-order valence-electron chi connectivity index (χ0n) is 15.2. The van der Waals surface area contributed by atoms with Crippen molar-refractivity contribution < 1.29 is 30.3 Å². The lowest BCUT2D eigenvalue weighted by Gasteiger charge is -2.13. The molecule has 22 heavy (non-hydrogen) atoms. The summed E-state index contributed by atoms with van der Waals surface area (Å²) >= 11 is 0. The highest BCUT2D eigenvalue weighted by atomic mass is 16.5. The molecule has 3 heterocycles. The highest BCUT2D eigenvalue weighted by molar-refractivity contribution is 5.77. The van der Waals surface area contributed by atoms with Gasteiger partial charge in [-0.3, -0.25) is 4.57 Å². The summed E-state index contributed by atoms with van der Waals surface area (Å²) in [5.74, 6) is -0.771. The molecule has 0 spiro atoms. The van der Waals surface area contributed by atoms with E-state index in [2.05, 4.69) is 15.0 Å². The number of ether oxygens (including phenoxy) is 2. The first-order valence-corrected chi connectivity index (χ1v) is 6.39. The van der Waals surface area contributed by atoms with Crippen molar-refractivity contribution in [1.29, 1.82) is 0 Å². The first-order valence-electron chi connectivity index (χ1n) is 8.39. The van der Waals surface area contributed by atoms with Gasteiger partial charge in [0.2, 0.25) is 11.8 Å². The van der Waals surface area contributed by atoms with Crippen LogP contribution in [-0.4, -0.2) is 66.8 Å². The van der Waals surface area contributed by atoms with Gasteiger partial charge in [0.15, 0.2) is 11.2 Å². The molecule has 1 saturated heterocycles. The van der Waals surface area contributed by atoms with Crippen LogP contribution in [0.4, 0.5) is 5.95 Å². The maximum absolute atomic E-state index is 9.86. The van der Waals surface area contributed by atoms with Crippen LogP contribution in [-0.2, 0) is 4.74 Å². The van der Waals surface area contributed by atoms with E-state index in [1.54, 1.807) is 0 Å². The largest absolute Gasteiger partial charge is 0.474 e. The van der Waals surface area contributed by atoms with Crippen molar-refractivity contribution in [2.75, 3.05) is 25.5 Å². The van der Waals surface area contributed by atoms with Gasteiger partial charge in [0.1, 0.15) is 18.9 Å². The van der Waals surface area contributed by atoms with E-state index in [4.69, 9.17) is 20.7 Å². The molecule has 10 nitrogen and oxygen atoms in total. The zero-order chi connectivity index (χ0) is 19.3. The van der Waals surface area contributed by atoms with Crippen LogP contribution in [0.25, 0.3) is 11.2 Å². The van der Waals surface area contributed by atoms with Crippen LogP contribution in [0.3, 0.4) is 0 Å². The lowest BCUT2D eigenvalue weighted by molar-refractivity contribution is -0.0432. The molecule has 0 saturated carbocycles. The summed E-state index contributed by atoms with van der Waals surface area (Å²) in [6.45, 7) is -6.82. The van der Waals surface area contributed by atoms with E-state index in [0.717, 1.165) is 0 Å². The van der Waals surface area contributed by atoms with Crippen molar-refractivity contribution in [2.24, 2.45) is 0 Å². The maximum Gasteiger partial charge on any atom is 0.247 e. The average molecular weight is 315 g/mol. The topological polar surface area (TPSA) is 149 Å². The number of hydrogen-bond donors (Lipinski definition) is 4. The second-order valence-electron chi connectivity index (χ2n) is 4.64. The van der Waals surface area contributed by atoms with E-state index in [1.165, 1.54) is 10.9 Å². The predicted molar refractivity (Wildman–Crippen MR) is 73.9 cm³/mol. The van der Waals surface area contributed by atoms with Crippen molar-refractivity contribution >= 4 is 17.1 Å². The Morgan fingerprint density at radius 3 is 3.00 bits per heavy atom. The number of fused-ring (bicyclic) bond motifs is 1. The number of nitrogen functional groups attached to an aromatic ring is 1. The summed E-state index contributed by atoms with van der Waals surface area (Å²) in [7, 11) is 0. The Balaban J connectivity index is 2.00. The lowest BCUT2D eigenvalue weighted by Crippen LogP contribution is -2.24. The van der Waals surface area contributed by atoms with Crippen LogP contribution in [0.2, 0.25) is 0 Å². The van der Waals surface area contributed by atoms with Crippen molar-refractivity contribution in [2.45, 2.75) is 24.9 Å². The standard InChI is InChI=1S/C12H17N5O5/c13-12-15-10-9(11(16-12)21-2-1-18)14-5-17(10)8-3-6(20)7(4-19)22-8/h5-8,18-20H,1-4H2,(H2,13,15,16)/t6-,7-,8-/m1/s1/i1D2,2D2. The molecule has 1 aliphatic heterocycles. The van der Waals surface area contributed by atoms with Crippen molar-refractivity contribution in [3.63, 3.8) is 0 Å². The highest BCUT2D eigenvalue weighted by Gasteiger charge is 2.35. The number of aromatic nitrogens is 4. The third-order valence-corrected chi connectivity index (χ3v) is 3.29. The number of anilines is 1. The first kappa shape index (κ1) is 10.7. The molecule has 3 atom stereocenters. The molecule has 0 amide bonds. The number of imidazole rings is 1. The van der Waals surface area contributed by atoms with Gasteiger partial charge in [-0.15, -0.1) is 0 Å². The summed E-state index contributed by atoms with van der Waals surface area (Å²) in [5, 5.41) is 28.3. The van der Waals surface area contributed by atoms with Crippen LogP contribution in [0.5, 0.6) is 5.88 Å². The predicted octanol–water partition coefficient (Wildman–Crippen LogP) is -1.58. The summed E-state index contributed by atoms with van der Waals surface area (Å²) in [6.07, 6.45) is -0.950. The van der Waals surface area contributed by atoms with Crippen LogP contribution >= 0.6 is 0 Å². The Morgan fingerprint density at radius 1 is 1.50 bits per heavy atom. The van der Waals surface area contributed by atoms with Gasteiger partial charge in [0, 0.05) is 6.42 Å². The van der Waals surface area contributed by atoms with Crippen molar-refractivity contribution in [1.82, 2.24) is 19.5 Å². The molecule has 1 aliphatic rings. The summed E-state index contributed by atoms with van der Waals surface area (Å²) in [6, 6.07) is 0. The number of hydrogen-bond acceptors (Lipinski definition) is 9. The van der Waals surface area contributed by atoms with E-state index in [9.17, 15) is 15.3 Å². The monoisotopic (exact) mass is 315 g/mol. The normalized spacial score (nSPS) is 29.0. The van der Waals surface area contributed by atoms with E-state index in [0.29, 0.717) is 0 Å². The zero-order valence-corrected chi connectivity index (χ0v) is 11.2. The van der Waals surface area contributed by atoms with Crippen LogP contribution in [0.15, 0.2) is 6.33 Å². The van der Waals surface area contributed by atoms with Gasteiger partial charge in [0.25, 0.3) is 0 Å². The molecule has 0 bridgehead atoms. The quantitative estimate of drug-likeness (QED) is 0.512. The van der Waals surface area contributed by atoms with Gasteiger partial charge in [0.05, 0.1) is 31.1 Å². The molecule has 2 aromatic heterocycles. The molecular formula is C12H17N5O5. The fraction of sp³-hybridized carbons (Fsp3) is 0.583. The minimum Gasteiger partial charge on any atom is -0.474 e. The number of nitrogens with two attached hydrogens (primary N) is 1. The Morgan fingerprint density at radius 2 is 2.32 bits per heavy atom. The molecule has 0 aliphatic carbocycles. The molecular weight excluding hydrogens is 294 g/mol. The van der Waals surface area contributed by atoms with Crippen LogP contribution in [0.1, 0.15) is 18.1 Å².